The zero-order valence-corrected chi connectivity index (χ0v) is 8.77. The van der Waals surface area contributed by atoms with Crippen LogP contribution < -0.4 is 5.32 Å². The molecular weight excluding hydrogens is 196 g/mol. The summed E-state index contributed by atoms with van der Waals surface area (Å²) in [6, 6.07) is -0.0615. The highest BCUT2D eigenvalue weighted by atomic mass is 16.4. The highest BCUT2D eigenvalue weighted by Crippen LogP contribution is 2.07. The van der Waals surface area contributed by atoms with Crippen LogP contribution in [0.5, 0.6) is 0 Å². The number of nitrogens with zero attached hydrogens (tertiary/aromatic N) is 3. The fourth-order valence-electron chi connectivity index (χ4n) is 1.13. The van der Waals surface area contributed by atoms with Gasteiger partial charge in [-0.25, -0.2) is 4.79 Å². The molecule has 0 spiro atoms. The minimum absolute atomic E-state index is 0.0615. The molecule has 0 fully saturated rings. The topological polar surface area (TPSA) is 80.0 Å². The van der Waals surface area contributed by atoms with Crippen molar-refractivity contribution in [2.24, 2.45) is 7.05 Å². The molecule has 15 heavy (non-hydrogen) atoms. The molecule has 0 aliphatic rings. The Kier molecular flexibility index (Phi) is 3.56. The Morgan fingerprint density at radius 1 is 1.80 bits per heavy atom. The Balaban J connectivity index is 2.50. The van der Waals surface area contributed by atoms with Gasteiger partial charge in [-0.2, -0.15) is 0 Å². The van der Waals surface area contributed by atoms with Gasteiger partial charge in [-0.15, -0.1) is 10.2 Å². The van der Waals surface area contributed by atoms with Gasteiger partial charge in [-0.3, -0.25) is 0 Å². The van der Waals surface area contributed by atoms with E-state index in [9.17, 15) is 4.79 Å². The number of carbonyl (C=O) groups is 1. The number of aryl methyl sites for hydroxylation is 1. The van der Waals surface area contributed by atoms with Crippen LogP contribution in [0.1, 0.15) is 18.8 Å². The summed E-state index contributed by atoms with van der Waals surface area (Å²) in [5, 5.41) is 19.3. The summed E-state index contributed by atoms with van der Waals surface area (Å²) in [6.07, 6.45) is 1.60. The lowest BCUT2D eigenvalue weighted by molar-refractivity contribution is -0.132. The summed E-state index contributed by atoms with van der Waals surface area (Å²) in [7, 11) is 1.83. The van der Waals surface area contributed by atoms with E-state index in [0.717, 1.165) is 5.82 Å². The monoisotopic (exact) mass is 210 g/mol. The van der Waals surface area contributed by atoms with Gasteiger partial charge in [0.25, 0.3) is 0 Å². The van der Waals surface area contributed by atoms with Crippen LogP contribution in [0.3, 0.4) is 0 Å². The molecule has 0 amide bonds. The van der Waals surface area contributed by atoms with Crippen LogP contribution in [0.2, 0.25) is 0 Å². The molecule has 1 unspecified atom stereocenters. The molecule has 0 radical (unpaired) electrons. The molecule has 6 heteroatoms. The Bertz CT molecular complexity index is 372. The second kappa shape index (κ2) is 4.70. The van der Waals surface area contributed by atoms with Gasteiger partial charge in [-0.05, 0) is 6.92 Å². The van der Waals surface area contributed by atoms with Crippen molar-refractivity contribution < 1.29 is 9.90 Å². The SMILES string of the molecule is C=C(CNC(C)c1nncn1C)C(=O)O. The molecule has 1 aromatic heterocycles. The fraction of sp³-hybridized carbons (Fsp3) is 0.444. The third kappa shape index (κ3) is 2.88. The molecule has 1 atom stereocenters. The first kappa shape index (κ1) is 11.4. The molecule has 0 aliphatic heterocycles. The smallest absolute Gasteiger partial charge is 0.332 e. The van der Waals surface area contributed by atoms with Crippen molar-refractivity contribution in [2.75, 3.05) is 6.54 Å². The second-order valence-electron chi connectivity index (χ2n) is 3.31. The largest absolute Gasteiger partial charge is 0.478 e. The zero-order valence-electron chi connectivity index (χ0n) is 8.77. The van der Waals surface area contributed by atoms with Gasteiger partial charge in [0.2, 0.25) is 0 Å². The second-order valence-corrected chi connectivity index (χ2v) is 3.31. The van der Waals surface area contributed by atoms with Gasteiger partial charge in [0, 0.05) is 19.2 Å². The highest BCUT2D eigenvalue weighted by Gasteiger charge is 2.12. The summed E-state index contributed by atoms with van der Waals surface area (Å²) >= 11 is 0. The molecule has 6 nitrogen and oxygen atoms in total. The van der Waals surface area contributed by atoms with Crippen LogP contribution in [-0.2, 0) is 11.8 Å². The summed E-state index contributed by atoms with van der Waals surface area (Å²) in [4.78, 5) is 10.5. The molecule has 1 aromatic rings. The van der Waals surface area contributed by atoms with Crippen molar-refractivity contribution in [2.45, 2.75) is 13.0 Å². The average molecular weight is 210 g/mol. The van der Waals surface area contributed by atoms with Crippen molar-refractivity contribution in [1.82, 2.24) is 20.1 Å². The predicted molar refractivity (Wildman–Crippen MR) is 54.2 cm³/mol. The lowest BCUT2D eigenvalue weighted by atomic mass is 10.2. The highest BCUT2D eigenvalue weighted by molar-refractivity contribution is 5.86. The summed E-state index contributed by atoms with van der Waals surface area (Å²) in [5.41, 5.74) is 0.129. The fourth-order valence-corrected chi connectivity index (χ4v) is 1.13. The maximum absolute atomic E-state index is 10.5. The first-order valence-electron chi connectivity index (χ1n) is 4.50. The summed E-state index contributed by atoms with van der Waals surface area (Å²) in [6.45, 7) is 5.54. The van der Waals surface area contributed by atoms with E-state index in [1.54, 1.807) is 10.9 Å². The van der Waals surface area contributed by atoms with Crippen LogP contribution in [0.25, 0.3) is 0 Å². The van der Waals surface area contributed by atoms with E-state index in [-0.39, 0.29) is 18.2 Å². The van der Waals surface area contributed by atoms with E-state index in [1.165, 1.54) is 0 Å². The van der Waals surface area contributed by atoms with Crippen LogP contribution in [0.4, 0.5) is 0 Å². The van der Waals surface area contributed by atoms with Gasteiger partial charge >= 0.3 is 5.97 Å². The molecule has 0 saturated carbocycles. The lowest BCUT2D eigenvalue weighted by Gasteiger charge is -2.12. The Hall–Kier alpha value is -1.69. The number of carboxylic acid groups (broad SMARTS) is 1. The Morgan fingerprint density at radius 3 is 2.93 bits per heavy atom. The molecule has 2 N–H and O–H groups in total. The number of carboxylic acids is 1. The standard InChI is InChI=1S/C9H14N4O2/c1-6(9(14)15)4-10-7(2)8-12-11-5-13(8)3/h5,7,10H,1,4H2,2-3H3,(H,14,15). The maximum Gasteiger partial charge on any atom is 0.332 e. The van der Waals surface area contributed by atoms with Crippen LogP contribution in [-0.4, -0.2) is 32.4 Å². The van der Waals surface area contributed by atoms with Gasteiger partial charge in [0.15, 0.2) is 0 Å². The maximum atomic E-state index is 10.5. The number of rotatable bonds is 5. The normalized spacial score (nSPS) is 12.4. The molecule has 0 aliphatic carbocycles. The van der Waals surface area contributed by atoms with E-state index in [1.807, 2.05) is 14.0 Å². The molecule has 0 bridgehead atoms. The van der Waals surface area contributed by atoms with Gasteiger partial charge in [0.05, 0.1) is 6.04 Å². The van der Waals surface area contributed by atoms with E-state index in [2.05, 4.69) is 22.1 Å². The van der Waals surface area contributed by atoms with Crippen molar-refractivity contribution in [3.63, 3.8) is 0 Å². The van der Waals surface area contributed by atoms with E-state index in [4.69, 9.17) is 5.11 Å². The average Bonchev–Trinajstić information content (AvgIpc) is 2.60. The first-order valence-corrected chi connectivity index (χ1v) is 4.50. The molecule has 1 rings (SSSR count). The van der Waals surface area contributed by atoms with E-state index >= 15 is 0 Å². The number of hydrogen-bond donors (Lipinski definition) is 2. The molecule has 0 saturated heterocycles. The van der Waals surface area contributed by atoms with Crippen molar-refractivity contribution >= 4 is 5.97 Å². The third-order valence-corrected chi connectivity index (χ3v) is 2.06. The zero-order chi connectivity index (χ0) is 11.4. The molecule has 1 heterocycles. The Morgan fingerprint density at radius 2 is 2.47 bits per heavy atom. The molecule has 82 valence electrons. The Labute approximate surface area is 87.6 Å². The first-order chi connectivity index (χ1) is 7.02. The third-order valence-electron chi connectivity index (χ3n) is 2.06. The molecule has 0 aromatic carbocycles. The predicted octanol–water partition coefficient (Wildman–Crippen LogP) is 0.106. The van der Waals surface area contributed by atoms with Crippen LogP contribution in [0, 0.1) is 0 Å². The van der Waals surface area contributed by atoms with Gasteiger partial charge in [-0.1, -0.05) is 6.58 Å². The van der Waals surface area contributed by atoms with Crippen molar-refractivity contribution in [1.29, 1.82) is 0 Å². The number of aromatic nitrogens is 3. The minimum Gasteiger partial charge on any atom is -0.478 e. The van der Waals surface area contributed by atoms with Crippen molar-refractivity contribution in [3.05, 3.63) is 24.3 Å². The minimum atomic E-state index is -0.993. The summed E-state index contributed by atoms with van der Waals surface area (Å²) in [5.74, 6) is -0.235. The van der Waals surface area contributed by atoms with Crippen LogP contribution in [0.15, 0.2) is 18.5 Å². The lowest BCUT2D eigenvalue weighted by Crippen LogP contribution is -2.25. The van der Waals surface area contributed by atoms with Crippen LogP contribution >= 0.6 is 0 Å². The van der Waals surface area contributed by atoms with E-state index < -0.39 is 5.97 Å². The molecular formula is C9H14N4O2. The summed E-state index contributed by atoms with van der Waals surface area (Å²) < 4.78 is 1.78. The number of nitrogens with one attached hydrogen (secondary N) is 1. The quantitative estimate of drug-likeness (QED) is 0.674. The number of hydrogen-bond acceptors (Lipinski definition) is 4. The van der Waals surface area contributed by atoms with Crippen molar-refractivity contribution in [3.8, 4) is 0 Å². The number of aliphatic carboxylic acids is 1. The van der Waals surface area contributed by atoms with E-state index in [0.29, 0.717) is 0 Å². The van der Waals surface area contributed by atoms with Gasteiger partial charge in [0.1, 0.15) is 12.2 Å². The van der Waals surface area contributed by atoms with Gasteiger partial charge < -0.3 is 15.0 Å².